The molecule has 3 heterocycles. The van der Waals surface area contributed by atoms with Gasteiger partial charge in [0.25, 0.3) is 0 Å². The molecule has 1 aromatic heterocycles. The van der Waals surface area contributed by atoms with E-state index in [1.54, 1.807) is 6.92 Å². The van der Waals surface area contributed by atoms with Crippen molar-refractivity contribution < 1.29 is 4.79 Å². The van der Waals surface area contributed by atoms with Gasteiger partial charge in [0.2, 0.25) is 5.91 Å². The molecule has 2 aliphatic rings. The summed E-state index contributed by atoms with van der Waals surface area (Å²) in [5, 5.41) is 0. The van der Waals surface area contributed by atoms with Crippen molar-refractivity contribution >= 4 is 5.91 Å². The molecule has 22 heavy (non-hydrogen) atoms. The van der Waals surface area contributed by atoms with Crippen molar-refractivity contribution in [2.75, 3.05) is 26.2 Å². The summed E-state index contributed by atoms with van der Waals surface area (Å²) in [6.45, 7) is 8.82. The van der Waals surface area contributed by atoms with Gasteiger partial charge in [-0.15, -0.1) is 0 Å². The van der Waals surface area contributed by atoms with Gasteiger partial charge in [-0.1, -0.05) is 6.92 Å². The first-order valence-corrected chi connectivity index (χ1v) is 8.47. The molecule has 1 saturated heterocycles. The number of aryl methyl sites for hydroxylation is 1. The van der Waals surface area contributed by atoms with Gasteiger partial charge in [-0.3, -0.25) is 9.69 Å². The third-order valence-corrected chi connectivity index (χ3v) is 4.97. The minimum atomic E-state index is 0.217. The summed E-state index contributed by atoms with van der Waals surface area (Å²) >= 11 is 0. The topological polar surface area (TPSA) is 49.3 Å². The third-order valence-electron chi connectivity index (χ3n) is 4.97. The maximum atomic E-state index is 11.4. The molecule has 0 unspecified atom stereocenters. The van der Waals surface area contributed by atoms with Crippen LogP contribution in [0.4, 0.5) is 0 Å². The summed E-state index contributed by atoms with van der Waals surface area (Å²) in [6.07, 6.45) is 6.24. The van der Waals surface area contributed by atoms with Gasteiger partial charge in [0.1, 0.15) is 5.82 Å². The van der Waals surface area contributed by atoms with Crippen molar-refractivity contribution in [1.82, 2.24) is 19.8 Å². The van der Waals surface area contributed by atoms with Gasteiger partial charge in [0, 0.05) is 52.3 Å². The molecule has 120 valence electrons. The summed E-state index contributed by atoms with van der Waals surface area (Å²) in [5.41, 5.74) is 2.54. The molecule has 0 bridgehead atoms. The molecule has 0 radical (unpaired) electrons. The fourth-order valence-corrected chi connectivity index (χ4v) is 3.52. The highest BCUT2D eigenvalue weighted by atomic mass is 16.2. The van der Waals surface area contributed by atoms with Crippen LogP contribution in [-0.4, -0.2) is 51.9 Å². The number of amides is 1. The number of carbonyl (C=O) groups is 1. The zero-order valence-corrected chi connectivity index (χ0v) is 13.7. The van der Waals surface area contributed by atoms with Gasteiger partial charge in [-0.2, -0.15) is 0 Å². The Bertz CT molecular complexity index is 537. The molecule has 0 atom stereocenters. The fourth-order valence-electron chi connectivity index (χ4n) is 3.52. The molecule has 0 saturated carbocycles. The number of rotatable bonds is 3. The van der Waals surface area contributed by atoms with Crippen LogP contribution >= 0.6 is 0 Å². The van der Waals surface area contributed by atoms with Crippen molar-refractivity contribution in [2.24, 2.45) is 5.92 Å². The first-order valence-electron chi connectivity index (χ1n) is 8.47. The number of carbonyl (C=O) groups excluding carboxylic acids is 1. The molecular weight excluding hydrogens is 276 g/mol. The average molecular weight is 302 g/mol. The molecule has 5 nitrogen and oxygen atoms in total. The summed E-state index contributed by atoms with van der Waals surface area (Å²) in [4.78, 5) is 25.0. The van der Waals surface area contributed by atoms with E-state index in [1.807, 2.05) is 11.1 Å². The second-order valence-electron chi connectivity index (χ2n) is 6.55. The summed E-state index contributed by atoms with van der Waals surface area (Å²) in [6, 6.07) is 0. The third kappa shape index (κ3) is 3.46. The normalized spacial score (nSPS) is 20.0. The number of hydrogen-bond donors (Lipinski definition) is 0. The molecule has 0 aromatic carbocycles. The lowest BCUT2D eigenvalue weighted by molar-refractivity contribution is -0.130. The van der Waals surface area contributed by atoms with Gasteiger partial charge < -0.3 is 4.90 Å². The summed E-state index contributed by atoms with van der Waals surface area (Å²) in [5.74, 6) is 1.88. The largest absolute Gasteiger partial charge is 0.343 e. The number of aromatic nitrogens is 2. The Morgan fingerprint density at radius 2 is 2.09 bits per heavy atom. The number of fused-ring (bicyclic) bond motifs is 1. The molecule has 2 aliphatic heterocycles. The zero-order valence-electron chi connectivity index (χ0n) is 13.7. The standard InChI is InChI=1S/C17H26N4O/c1-3-17-18-10-15-6-7-20(12-16(15)19-17)11-14-4-8-21(9-5-14)13(2)22/h10,14H,3-9,11-12H2,1-2H3. The highest BCUT2D eigenvalue weighted by Crippen LogP contribution is 2.22. The number of likely N-dealkylation sites (tertiary alicyclic amines) is 1. The molecule has 1 fully saturated rings. The molecular formula is C17H26N4O. The molecule has 1 aromatic rings. The van der Waals surface area contributed by atoms with Crippen LogP contribution in [0.1, 0.15) is 43.8 Å². The van der Waals surface area contributed by atoms with E-state index in [2.05, 4.69) is 16.8 Å². The zero-order chi connectivity index (χ0) is 15.5. The summed E-state index contributed by atoms with van der Waals surface area (Å²) in [7, 11) is 0. The van der Waals surface area contributed by atoms with Crippen LogP contribution in [-0.2, 0) is 24.2 Å². The van der Waals surface area contributed by atoms with Crippen LogP contribution in [0.3, 0.4) is 0 Å². The first kappa shape index (κ1) is 15.4. The Morgan fingerprint density at radius 3 is 2.77 bits per heavy atom. The second-order valence-corrected chi connectivity index (χ2v) is 6.55. The minimum absolute atomic E-state index is 0.217. The van der Waals surface area contributed by atoms with E-state index in [-0.39, 0.29) is 5.91 Å². The maximum absolute atomic E-state index is 11.4. The summed E-state index contributed by atoms with van der Waals surface area (Å²) < 4.78 is 0. The van der Waals surface area contributed by atoms with E-state index < -0.39 is 0 Å². The SMILES string of the molecule is CCc1ncc2c(n1)CN(CC1CCN(C(C)=O)CC1)CC2. The molecule has 3 rings (SSSR count). The lowest BCUT2D eigenvalue weighted by Gasteiger charge is -2.36. The van der Waals surface area contributed by atoms with Crippen LogP contribution in [0.2, 0.25) is 0 Å². The Balaban J connectivity index is 1.55. The molecule has 0 N–H and O–H groups in total. The predicted molar refractivity (Wildman–Crippen MR) is 85.4 cm³/mol. The molecule has 0 spiro atoms. The fraction of sp³-hybridized carbons (Fsp3) is 0.706. The van der Waals surface area contributed by atoms with Gasteiger partial charge >= 0.3 is 0 Å². The van der Waals surface area contributed by atoms with Crippen molar-refractivity contribution in [1.29, 1.82) is 0 Å². The second kappa shape index (κ2) is 6.73. The number of piperidine rings is 1. The Kier molecular flexibility index (Phi) is 4.71. The van der Waals surface area contributed by atoms with Crippen LogP contribution in [0.5, 0.6) is 0 Å². The van der Waals surface area contributed by atoms with Crippen molar-refractivity contribution in [2.45, 2.75) is 46.1 Å². The van der Waals surface area contributed by atoms with Crippen LogP contribution in [0.15, 0.2) is 6.20 Å². The van der Waals surface area contributed by atoms with Gasteiger partial charge in [-0.05, 0) is 30.7 Å². The van der Waals surface area contributed by atoms with Gasteiger partial charge in [0.05, 0.1) is 5.69 Å². The first-order chi connectivity index (χ1) is 10.7. The van der Waals surface area contributed by atoms with Crippen LogP contribution in [0.25, 0.3) is 0 Å². The Labute approximate surface area is 132 Å². The smallest absolute Gasteiger partial charge is 0.219 e. The highest BCUT2D eigenvalue weighted by molar-refractivity contribution is 5.73. The van der Waals surface area contributed by atoms with E-state index >= 15 is 0 Å². The lowest BCUT2D eigenvalue weighted by atomic mass is 9.95. The monoisotopic (exact) mass is 302 g/mol. The van der Waals surface area contributed by atoms with E-state index in [0.717, 1.165) is 64.2 Å². The van der Waals surface area contributed by atoms with Crippen molar-refractivity contribution in [3.05, 3.63) is 23.3 Å². The van der Waals surface area contributed by atoms with Crippen molar-refractivity contribution in [3.8, 4) is 0 Å². The molecule has 0 aliphatic carbocycles. The van der Waals surface area contributed by atoms with E-state index in [1.165, 1.54) is 11.3 Å². The van der Waals surface area contributed by atoms with E-state index in [4.69, 9.17) is 4.98 Å². The van der Waals surface area contributed by atoms with Crippen LogP contribution in [0, 0.1) is 5.92 Å². The lowest BCUT2D eigenvalue weighted by Crippen LogP contribution is -2.42. The van der Waals surface area contributed by atoms with Crippen LogP contribution < -0.4 is 0 Å². The quantitative estimate of drug-likeness (QED) is 0.852. The predicted octanol–water partition coefficient (Wildman–Crippen LogP) is 1.66. The van der Waals surface area contributed by atoms with E-state index in [9.17, 15) is 4.79 Å². The molecule has 5 heteroatoms. The Morgan fingerprint density at radius 1 is 1.32 bits per heavy atom. The van der Waals surface area contributed by atoms with E-state index in [0.29, 0.717) is 5.92 Å². The minimum Gasteiger partial charge on any atom is -0.343 e. The average Bonchev–Trinajstić information content (AvgIpc) is 2.54. The highest BCUT2D eigenvalue weighted by Gasteiger charge is 2.25. The Hall–Kier alpha value is -1.49. The van der Waals surface area contributed by atoms with Gasteiger partial charge in [-0.25, -0.2) is 9.97 Å². The maximum Gasteiger partial charge on any atom is 0.219 e. The van der Waals surface area contributed by atoms with Crippen molar-refractivity contribution in [3.63, 3.8) is 0 Å². The number of nitrogens with zero attached hydrogens (tertiary/aromatic N) is 4. The van der Waals surface area contributed by atoms with Gasteiger partial charge in [0.15, 0.2) is 0 Å². The molecule has 1 amide bonds. The number of hydrogen-bond acceptors (Lipinski definition) is 4.